The van der Waals surface area contributed by atoms with Crippen LogP contribution in [0.3, 0.4) is 0 Å². The average molecular weight is 265 g/mol. The van der Waals surface area contributed by atoms with Gasteiger partial charge >= 0.3 is 6.09 Å². The standard InChI is InChI=1S/C14H16FNO3/c15-10-4-6-11(7-5-10)16-13(17)18-9-14-8-2-1-3-12(14)19-14/h4-7,12H,1-3,8-9H2,(H,16,17)/t12-,14-/m1/s1. The number of benzene rings is 1. The van der Waals surface area contributed by atoms with E-state index in [2.05, 4.69) is 5.32 Å². The van der Waals surface area contributed by atoms with Crippen LogP contribution < -0.4 is 5.32 Å². The molecule has 3 rings (SSSR count). The number of amides is 1. The number of hydrogen-bond donors (Lipinski definition) is 1. The van der Waals surface area contributed by atoms with Gasteiger partial charge in [-0.15, -0.1) is 0 Å². The lowest BCUT2D eigenvalue weighted by Gasteiger charge is -2.17. The van der Waals surface area contributed by atoms with Gasteiger partial charge in [-0.25, -0.2) is 9.18 Å². The molecule has 1 aromatic carbocycles. The lowest BCUT2D eigenvalue weighted by molar-refractivity contribution is 0.116. The van der Waals surface area contributed by atoms with Crippen LogP contribution in [0.5, 0.6) is 0 Å². The van der Waals surface area contributed by atoms with Gasteiger partial charge in [0.05, 0.1) is 6.10 Å². The fraction of sp³-hybridized carbons (Fsp3) is 0.500. The average Bonchev–Trinajstić information content (AvgIpc) is 3.14. The molecule has 0 radical (unpaired) electrons. The lowest BCUT2D eigenvalue weighted by atomic mass is 9.90. The first-order valence-corrected chi connectivity index (χ1v) is 6.55. The van der Waals surface area contributed by atoms with Crippen molar-refractivity contribution in [3.8, 4) is 0 Å². The lowest BCUT2D eigenvalue weighted by Crippen LogP contribution is -2.28. The highest BCUT2D eigenvalue weighted by molar-refractivity contribution is 5.84. The summed E-state index contributed by atoms with van der Waals surface area (Å²) < 4.78 is 23.5. The summed E-state index contributed by atoms with van der Waals surface area (Å²) in [5.41, 5.74) is 0.291. The van der Waals surface area contributed by atoms with Crippen molar-refractivity contribution in [3.63, 3.8) is 0 Å². The summed E-state index contributed by atoms with van der Waals surface area (Å²) >= 11 is 0. The van der Waals surface area contributed by atoms with Crippen LogP contribution in [0, 0.1) is 5.82 Å². The predicted octanol–water partition coefficient (Wildman–Crippen LogP) is 3.09. The number of anilines is 1. The maximum atomic E-state index is 12.7. The Balaban J connectivity index is 1.48. The summed E-state index contributed by atoms with van der Waals surface area (Å²) in [7, 11) is 0. The Morgan fingerprint density at radius 2 is 2.21 bits per heavy atom. The van der Waals surface area contributed by atoms with Gasteiger partial charge in [0.1, 0.15) is 18.0 Å². The first-order chi connectivity index (χ1) is 9.18. The molecule has 2 atom stereocenters. The molecule has 1 heterocycles. The maximum absolute atomic E-state index is 12.7. The third-order valence-electron chi connectivity index (χ3n) is 3.76. The molecule has 1 aliphatic heterocycles. The topological polar surface area (TPSA) is 50.9 Å². The summed E-state index contributed by atoms with van der Waals surface area (Å²) in [6.45, 7) is 0.296. The molecule has 2 aliphatic rings. The number of carbonyl (C=O) groups is 1. The molecule has 1 N–H and O–H groups in total. The van der Waals surface area contributed by atoms with Crippen LogP contribution in [0.4, 0.5) is 14.9 Å². The van der Waals surface area contributed by atoms with Crippen molar-refractivity contribution in [1.29, 1.82) is 0 Å². The van der Waals surface area contributed by atoms with E-state index in [4.69, 9.17) is 9.47 Å². The highest BCUT2D eigenvalue weighted by Crippen LogP contribution is 2.47. The van der Waals surface area contributed by atoms with Crippen LogP contribution in [0.1, 0.15) is 25.7 Å². The van der Waals surface area contributed by atoms with Gasteiger partial charge in [0.25, 0.3) is 0 Å². The first-order valence-electron chi connectivity index (χ1n) is 6.55. The van der Waals surface area contributed by atoms with Gasteiger partial charge in [-0.05, 0) is 37.1 Å². The van der Waals surface area contributed by atoms with Crippen LogP contribution in [-0.2, 0) is 9.47 Å². The summed E-state index contributed by atoms with van der Waals surface area (Å²) in [5.74, 6) is -0.339. The molecule has 1 aromatic rings. The van der Waals surface area contributed by atoms with Gasteiger partial charge in [0, 0.05) is 5.69 Å². The van der Waals surface area contributed by atoms with E-state index in [1.165, 1.54) is 30.7 Å². The fourth-order valence-corrected chi connectivity index (χ4v) is 2.62. The second-order valence-electron chi connectivity index (χ2n) is 5.13. The number of epoxide rings is 1. The summed E-state index contributed by atoms with van der Waals surface area (Å²) in [6.07, 6.45) is 4.07. The second-order valence-corrected chi connectivity index (χ2v) is 5.13. The van der Waals surface area contributed by atoms with Crippen molar-refractivity contribution in [2.45, 2.75) is 37.4 Å². The van der Waals surface area contributed by atoms with E-state index in [-0.39, 0.29) is 17.5 Å². The second kappa shape index (κ2) is 4.81. The normalized spacial score (nSPS) is 28.4. The molecular weight excluding hydrogens is 249 g/mol. The Morgan fingerprint density at radius 1 is 1.42 bits per heavy atom. The number of fused-ring (bicyclic) bond motifs is 1. The Bertz CT molecular complexity index is 476. The van der Waals surface area contributed by atoms with Crippen molar-refractivity contribution in [3.05, 3.63) is 30.1 Å². The van der Waals surface area contributed by atoms with Crippen LogP contribution in [-0.4, -0.2) is 24.4 Å². The number of nitrogens with one attached hydrogen (secondary N) is 1. The van der Waals surface area contributed by atoms with Gasteiger partial charge in [0.2, 0.25) is 0 Å². The molecule has 0 spiro atoms. The van der Waals surface area contributed by atoms with E-state index in [1.54, 1.807) is 0 Å². The van der Waals surface area contributed by atoms with E-state index in [1.807, 2.05) is 0 Å². The number of ether oxygens (including phenoxy) is 2. The predicted molar refractivity (Wildman–Crippen MR) is 67.4 cm³/mol. The summed E-state index contributed by atoms with van der Waals surface area (Å²) in [4.78, 5) is 11.6. The largest absolute Gasteiger partial charge is 0.446 e. The Morgan fingerprint density at radius 3 is 2.95 bits per heavy atom. The highest BCUT2D eigenvalue weighted by Gasteiger charge is 2.58. The molecule has 1 amide bonds. The number of hydrogen-bond acceptors (Lipinski definition) is 3. The quantitative estimate of drug-likeness (QED) is 0.854. The fourth-order valence-electron chi connectivity index (χ4n) is 2.62. The van der Waals surface area contributed by atoms with Gasteiger partial charge in [-0.2, -0.15) is 0 Å². The third-order valence-corrected chi connectivity index (χ3v) is 3.76. The molecule has 0 unspecified atom stereocenters. The van der Waals surface area contributed by atoms with E-state index in [9.17, 15) is 9.18 Å². The van der Waals surface area contributed by atoms with E-state index >= 15 is 0 Å². The molecule has 19 heavy (non-hydrogen) atoms. The van der Waals surface area contributed by atoms with Crippen molar-refractivity contribution >= 4 is 11.8 Å². The van der Waals surface area contributed by atoms with Crippen LogP contribution in [0.25, 0.3) is 0 Å². The minimum absolute atomic E-state index is 0.224. The zero-order valence-electron chi connectivity index (χ0n) is 10.5. The minimum atomic E-state index is -0.527. The minimum Gasteiger partial charge on any atom is -0.446 e. The van der Waals surface area contributed by atoms with Gasteiger partial charge < -0.3 is 9.47 Å². The first kappa shape index (κ1) is 12.4. The zero-order valence-corrected chi connectivity index (χ0v) is 10.5. The Hall–Kier alpha value is -1.62. The third kappa shape index (κ3) is 2.71. The molecule has 0 bridgehead atoms. The molecule has 102 valence electrons. The molecular formula is C14H16FNO3. The van der Waals surface area contributed by atoms with E-state index in [0.717, 1.165) is 19.3 Å². The smallest absolute Gasteiger partial charge is 0.411 e. The van der Waals surface area contributed by atoms with Crippen molar-refractivity contribution in [2.75, 3.05) is 11.9 Å². The van der Waals surface area contributed by atoms with Gasteiger partial charge in [-0.1, -0.05) is 12.8 Å². The molecule has 1 saturated heterocycles. The number of halogens is 1. The highest BCUT2D eigenvalue weighted by atomic mass is 19.1. The monoisotopic (exact) mass is 265 g/mol. The molecule has 0 aromatic heterocycles. The number of rotatable bonds is 3. The van der Waals surface area contributed by atoms with E-state index < -0.39 is 6.09 Å². The SMILES string of the molecule is O=C(Nc1ccc(F)cc1)OC[C@]12CCCC[C@H]1O2. The Kier molecular flexibility index (Phi) is 3.14. The van der Waals surface area contributed by atoms with Crippen LogP contribution in [0.2, 0.25) is 0 Å². The van der Waals surface area contributed by atoms with Crippen molar-refractivity contribution in [1.82, 2.24) is 0 Å². The summed E-state index contributed by atoms with van der Waals surface area (Å²) in [5, 5.41) is 2.56. The maximum Gasteiger partial charge on any atom is 0.411 e. The van der Waals surface area contributed by atoms with E-state index in [0.29, 0.717) is 12.3 Å². The Labute approximate surface area is 110 Å². The van der Waals surface area contributed by atoms with Gasteiger partial charge in [0.15, 0.2) is 0 Å². The molecule has 1 saturated carbocycles. The van der Waals surface area contributed by atoms with Crippen molar-refractivity contribution < 1.29 is 18.7 Å². The van der Waals surface area contributed by atoms with Crippen LogP contribution >= 0.6 is 0 Å². The van der Waals surface area contributed by atoms with Gasteiger partial charge in [-0.3, -0.25) is 5.32 Å². The summed E-state index contributed by atoms with van der Waals surface area (Å²) in [6, 6.07) is 5.56. The molecule has 5 heteroatoms. The zero-order chi connectivity index (χ0) is 13.3. The molecule has 4 nitrogen and oxygen atoms in total. The van der Waals surface area contributed by atoms with Crippen molar-refractivity contribution in [2.24, 2.45) is 0 Å². The molecule has 2 fully saturated rings. The van der Waals surface area contributed by atoms with Crippen LogP contribution in [0.15, 0.2) is 24.3 Å². The molecule has 1 aliphatic carbocycles. The number of carbonyl (C=O) groups excluding carboxylic acids is 1.